The summed E-state index contributed by atoms with van der Waals surface area (Å²) in [5.74, 6) is 0.771. The maximum Gasteiger partial charge on any atom is 0.229 e. The topological polar surface area (TPSA) is 45.5 Å². The number of nitrogens with zero attached hydrogens (tertiary/aromatic N) is 4. The predicted octanol–water partition coefficient (Wildman–Crippen LogP) is 4.00. The number of hydrogen-bond donors (Lipinski definition) is 1. The number of rotatable bonds is 7. The molecule has 3 aromatic rings. The van der Waals surface area contributed by atoms with Crippen LogP contribution in [0.5, 0.6) is 0 Å². The summed E-state index contributed by atoms with van der Waals surface area (Å²) >= 11 is 1.76. The van der Waals surface area contributed by atoms with Crippen LogP contribution in [0.4, 0.5) is 5.95 Å². The van der Waals surface area contributed by atoms with Crippen LogP contribution in [-0.2, 0) is 6.54 Å². The number of anilines is 1. The van der Waals surface area contributed by atoms with Gasteiger partial charge in [0, 0.05) is 30.7 Å². The lowest BCUT2D eigenvalue weighted by Gasteiger charge is -2.16. The van der Waals surface area contributed by atoms with Gasteiger partial charge in [0.2, 0.25) is 5.95 Å². The van der Waals surface area contributed by atoms with Gasteiger partial charge >= 0.3 is 0 Å². The normalized spacial score (nSPS) is 11.3. The third-order valence-electron chi connectivity index (χ3n) is 3.89. The van der Waals surface area contributed by atoms with Crippen LogP contribution in [0, 0.1) is 6.92 Å². The molecule has 5 nitrogen and oxygen atoms in total. The Labute approximate surface area is 147 Å². The third-order valence-corrected chi connectivity index (χ3v) is 5.11. The Morgan fingerprint density at radius 1 is 1.04 bits per heavy atom. The fourth-order valence-corrected chi connectivity index (χ4v) is 3.27. The minimum atomic E-state index is 0.731. The third kappa shape index (κ3) is 3.88. The summed E-state index contributed by atoms with van der Waals surface area (Å²) < 4.78 is 4.32. The van der Waals surface area contributed by atoms with Crippen molar-refractivity contribution in [3.8, 4) is 0 Å². The van der Waals surface area contributed by atoms with Gasteiger partial charge in [0.1, 0.15) is 0 Å². The molecular formula is C18H23N5S. The van der Waals surface area contributed by atoms with E-state index in [4.69, 9.17) is 0 Å². The molecule has 0 saturated heterocycles. The average molecular weight is 341 g/mol. The number of fused-ring (bicyclic) bond motifs is 1. The van der Waals surface area contributed by atoms with Crippen molar-refractivity contribution in [3.05, 3.63) is 53.7 Å². The molecule has 0 unspecified atom stereocenters. The van der Waals surface area contributed by atoms with Gasteiger partial charge in [-0.1, -0.05) is 43.7 Å². The van der Waals surface area contributed by atoms with Crippen LogP contribution >= 0.6 is 11.9 Å². The molecule has 0 amide bonds. The van der Waals surface area contributed by atoms with E-state index in [9.17, 15) is 0 Å². The quantitative estimate of drug-likeness (QED) is 0.658. The minimum absolute atomic E-state index is 0.731. The second-order valence-electron chi connectivity index (χ2n) is 5.66. The molecule has 0 aliphatic carbocycles. The molecule has 0 spiro atoms. The Morgan fingerprint density at radius 2 is 1.79 bits per heavy atom. The van der Waals surface area contributed by atoms with Crippen LogP contribution in [0.2, 0.25) is 0 Å². The van der Waals surface area contributed by atoms with Gasteiger partial charge in [0.05, 0.1) is 0 Å². The van der Waals surface area contributed by atoms with E-state index in [1.807, 2.05) is 10.5 Å². The van der Waals surface area contributed by atoms with E-state index >= 15 is 0 Å². The lowest BCUT2D eigenvalue weighted by Crippen LogP contribution is -2.13. The molecule has 2 aromatic heterocycles. The number of aryl methyl sites for hydroxylation is 1. The van der Waals surface area contributed by atoms with E-state index in [1.165, 1.54) is 16.0 Å². The number of benzene rings is 1. The molecule has 3 rings (SSSR count). The van der Waals surface area contributed by atoms with Gasteiger partial charge in [-0.3, -0.25) is 4.40 Å². The van der Waals surface area contributed by atoms with Crippen molar-refractivity contribution in [2.45, 2.75) is 32.2 Å². The van der Waals surface area contributed by atoms with Crippen LogP contribution in [0.25, 0.3) is 5.65 Å². The van der Waals surface area contributed by atoms with Crippen molar-refractivity contribution in [2.75, 3.05) is 18.4 Å². The molecule has 0 saturated carbocycles. The first-order valence-corrected chi connectivity index (χ1v) is 9.04. The Hall–Kier alpha value is -2.05. The lowest BCUT2D eigenvalue weighted by molar-refractivity contribution is 0.525. The van der Waals surface area contributed by atoms with Crippen LogP contribution in [0.15, 0.2) is 47.5 Å². The van der Waals surface area contributed by atoms with Crippen molar-refractivity contribution in [2.24, 2.45) is 0 Å². The first-order valence-electron chi connectivity index (χ1n) is 8.26. The maximum absolute atomic E-state index is 4.27. The lowest BCUT2D eigenvalue weighted by atomic mass is 10.1. The van der Waals surface area contributed by atoms with E-state index in [2.05, 4.69) is 77.1 Å². The summed E-state index contributed by atoms with van der Waals surface area (Å²) in [5, 5.41) is 11.9. The molecule has 24 heavy (non-hydrogen) atoms. The van der Waals surface area contributed by atoms with Crippen molar-refractivity contribution in [3.63, 3.8) is 0 Å². The van der Waals surface area contributed by atoms with Gasteiger partial charge in [-0.15, -0.1) is 10.2 Å². The van der Waals surface area contributed by atoms with Crippen molar-refractivity contribution < 1.29 is 0 Å². The number of pyridine rings is 1. The van der Waals surface area contributed by atoms with E-state index in [0.717, 1.165) is 31.2 Å². The SMILES string of the molecule is CCN(CC)Sc1ccc2nnc(NCc3ccc(C)cc3)n2c1. The van der Waals surface area contributed by atoms with Gasteiger partial charge in [0.15, 0.2) is 5.65 Å². The highest BCUT2D eigenvalue weighted by molar-refractivity contribution is 7.97. The van der Waals surface area contributed by atoms with Crippen molar-refractivity contribution in [1.82, 2.24) is 18.9 Å². The summed E-state index contributed by atoms with van der Waals surface area (Å²) in [5.41, 5.74) is 3.35. The Bertz CT molecular complexity index is 793. The van der Waals surface area contributed by atoms with Gasteiger partial charge < -0.3 is 5.32 Å². The second kappa shape index (κ2) is 7.68. The highest BCUT2D eigenvalue weighted by atomic mass is 32.2. The van der Waals surface area contributed by atoms with E-state index < -0.39 is 0 Å². The number of hydrogen-bond acceptors (Lipinski definition) is 5. The van der Waals surface area contributed by atoms with Crippen LogP contribution < -0.4 is 5.32 Å². The van der Waals surface area contributed by atoms with Crippen LogP contribution in [-0.4, -0.2) is 32.0 Å². The molecule has 0 fully saturated rings. The maximum atomic E-state index is 4.27. The van der Waals surface area contributed by atoms with Gasteiger partial charge in [0.25, 0.3) is 0 Å². The highest BCUT2D eigenvalue weighted by Gasteiger charge is 2.08. The first kappa shape index (κ1) is 16.8. The zero-order valence-electron chi connectivity index (χ0n) is 14.4. The zero-order chi connectivity index (χ0) is 16.9. The zero-order valence-corrected chi connectivity index (χ0v) is 15.2. The van der Waals surface area contributed by atoms with Crippen LogP contribution in [0.3, 0.4) is 0 Å². The highest BCUT2D eigenvalue weighted by Crippen LogP contribution is 2.23. The molecule has 1 N–H and O–H groups in total. The minimum Gasteiger partial charge on any atom is -0.350 e. The average Bonchev–Trinajstić information content (AvgIpc) is 3.01. The summed E-state index contributed by atoms with van der Waals surface area (Å²) in [6.45, 7) is 9.19. The molecule has 1 aromatic carbocycles. The summed E-state index contributed by atoms with van der Waals surface area (Å²) in [6, 6.07) is 12.6. The van der Waals surface area contributed by atoms with E-state index in [1.54, 1.807) is 11.9 Å². The molecule has 0 radical (unpaired) electrons. The Morgan fingerprint density at radius 3 is 2.50 bits per heavy atom. The summed E-state index contributed by atoms with van der Waals surface area (Å²) in [4.78, 5) is 1.18. The molecule has 0 aliphatic rings. The van der Waals surface area contributed by atoms with E-state index in [-0.39, 0.29) is 0 Å². The molecule has 6 heteroatoms. The monoisotopic (exact) mass is 341 g/mol. The number of nitrogens with one attached hydrogen (secondary N) is 1. The second-order valence-corrected chi connectivity index (χ2v) is 6.83. The molecule has 126 valence electrons. The molecule has 0 atom stereocenters. The number of aromatic nitrogens is 3. The summed E-state index contributed by atoms with van der Waals surface area (Å²) in [7, 11) is 0. The van der Waals surface area contributed by atoms with Gasteiger partial charge in [-0.25, -0.2) is 4.31 Å². The largest absolute Gasteiger partial charge is 0.350 e. The fraction of sp³-hybridized carbons (Fsp3) is 0.333. The first-order chi connectivity index (χ1) is 11.7. The van der Waals surface area contributed by atoms with Gasteiger partial charge in [-0.05, 0) is 36.6 Å². The molecule has 0 aliphatic heterocycles. The Kier molecular flexibility index (Phi) is 5.37. The van der Waals surface area contributed by atoms with Gasteiger partial charge in [-0.2, -0.15) is 0 Å². The van der Waals surface area contributed by atoms with Crippen LogP contribution in [0.1, 0.15) is 25.0 Å². The summed E-state index contributed by atoms with van der Waals surface area (Å²) in [6.07, 6.45) is 2.09. The van der Waals surface area contributed by atoms with Crippen molar-refractivity contribution in [1.29, 1.82) is 0 Å². The van der Waals surface area contributed by atoms with E-state index in [0.29, 0.717) is 0 Å². The molecule has 2 heterocycles. The molecule has 0 bridgehead atoms. The standard InChI is InChI=1S/C18H23N5S/c1-4-22(5-2)24-16-10-11-17-20-21-18(23(17)13-16)19-12-15-8-6-14(3)7-9-15/h6-11,13H,4-5,12H2,1-3H3,(H,19,21). The smallest absolute Gasteiger partial charge is 0.229 e. The fourth-order valence-electron chi connectivity index (χ4n) is 2.43. The Balaban J connectivity index is 1.76. The van der Waals surface area contributed by atoms with Crippen molar-refractivity contribution >= 4 is 23.5 Å². The molecular weight excluding hydrogens is 318 g/mol. The predicted molar refractivity (Wildman–Crippen MR) is 100 cm³/mol.